The summed E-state index contributed by atoms with van der Waals surface area (Å²) in [5.41, 5.74) is 5.84. The lowest BCUT2D eigenvalue weighted by atomic mass is 10.2. The molecule has 2 N–H and O–H groups in total. The first-order chi connectivity index (χ1) is 9.49. The van der Waals surface area contributed by atoms with E-state index in [-0.39, 0.29) is 22.8 Å². The topological polar surface area (TPSA) is 66.6 Å². The summed E-state index contributed by atoms with van der Waals surface area (Å²) in [5.74, 6) is 0. The summed E-state index contributed by atoms with van der Waals surface area (Å²) < 4.78 is 62.8. The van der Waals surface area contributed by atoms with Crippen LogP contribution in [0.2, 0.25) is 0 Å². The number of sulfonamides is 1. The summed E-state index contributed by atoms with van der Waals surface area (Å²) in [6.45, 7) is 0.395. The number of anilines is 2. The number of hydrogen-bond acceptors (Lipinski definition) is 4. The van der Waals surface area contributed by atoms with E-state index in [9.17, 15) is 21.6 Å². The molecule has 0 bridgehead atoms. The van der Waals surface area contributed by atoms with Crippen molar-refractivity contribution in [2.75, 3.05) is 37.8 Å². The van der Waals surface area contributed by atoms with E-state index in [2.05, 4.69) is 0 Å². The average molecular weight is 325 g/mol. The molecule has 0 aliphatic carbocycles. The first kappa shape index (κ1) is 17.6. The molecule has 1 aromatic rings. The van der Waals surface area contributed by atoms with Crippen LogP contribution in [-0.4, -0.2) is 46.1 Å². The highest BCUT2D eigenvalue weighted by Gasteiger charge is 2.31. The van der Waals surface area contributed by atoms with Gasteiger partial charge in [-0.3, -0.25) is 0 Å². The van der Waals surface area contributed by atoms with Gasteiger partial charge in [0.25, 0.3) is 0 Å². The van der Waals surface area contributed by atoms with E-state index < -0.39 is 22.7 Å². The van der Waals surface area contributed by atoms with Crippen LogP contribution < -0.4 is 10.6 Å². The molecular weight excluding hydrogens is 307 g/mol. The zero-order valence-corrected chi connectivity index (χ0v) is 12.8. The Bertz CT molecular complexity index is 600. The minimum atomic E-state index is -4.40. The van der Waals surface area contributed by atoms with Gasteiger partial charge in [0.05, 0.1) is 16.3 Å². The van der Waals surface area contributed by atoms with Crippen molar-refractivity contribution in [3.63, 3.8) is 0 Å². The van der Waals surface area contributed by atoms with Crippen LogP contribution in [0.25, 0.3) is 0 Å². The Morgan fingerprint density at radius 1 is 1.24 bits per heavy atom. The lowest BCUT2D eigenvalue weighted by Gasteiger charge is -2.26. The summed E-state index contributed by atoms with van der Waals surface area (Å²) in [5, 5.41) is 0. The fourth-order valence-electron chi connectivity index (χ4n) is 1.75. The molecule has 1 aromatic carbocycles. The predicted molar refractivity (Wildman–Crippen MR) is 75.7 cm³/mol. The molecule has 0 fully saturated rings. The quantitative estimate of drug-likeness (QED) is 0.840. The second-order valence-corrected chi connectivity index (χ2v) is 6.79. The number of hydrogen-bond donors (Lipinski definition) is 1. The molecule has 0 radical (unpaired) electrons. The number of nitrogens with zero attached hydrogens (tertiary/aromatic N) is 2. The van der Waals surface area contributed by atoms with Gasteiger partial charge in [0.2, 0.25) is 10.0 Å². The molecule has 0 unspecified atom stereocenters. The molecule has 0 atom stereocenters. The zero-order chi connectivity index (χ0) is 16.4. The maximum absolute atomic E-state index is 12.6. The van der Waals surface area contributed by atoms with Crippen molar-refractivity contribution in [2.45, 2.75) is 18.0 Å². The van der Waals surface area contributed by atoms with Crippen LogP contribution in [0.15, 0.2) is 23.1 Å². The van der Waals surface area contributed by atoms with Gasteiger partial charge in [0.15, 0.2) is 0 Å². The van der Waals surface area contributed by atoms with Crippen LogP contribution in [0.5, 0.6) is 0 Å². The van der Waals surface area contributed by atoms with E-state index in [4.69, 9.17) is 5.73 Å². The van der Waals surface area contributed by atoms with Crippen LogP contribution in [-0.2, 0) is 10.0 Å². The number of alkyl halides is 3. The van der Waals surface area contributed by atoms with Crippen LogP contribution in [0, 0.1) is 0 Å². The second-order valence-electron chi connectivity index (χ2n) is 4.64. The van der Waals surface area contributed by atoms with Crippen LogP contribution in [0.3, 0.4) is 0 Å². The Labute approximate surface area is 122 Å². The van der Waals surface area contributed by atoms with Crippen LogP contribution in [0.4, 0.5) is 24.5 Å². The highest BCUT2D eigenvalue weighted by Crippen LogP contribution is 2.30. The molecule has 120 valence electrons. The van der Waals surface area contributed by atoms with Gasteiger partial charge in [-0.15, -0.1) is 0 Å². The van der Waals surface area contributed by atoms with Crippen molar-refractivity contribution in [1.82, 2.24) is 4.31 Å². The molecule has 21 heavy (non-hydrogen) atoms. The van der Waals surface area contributed by atoms with Gasteiger partial charge in [-0.1, -0.05) is 0 Å². The van der Waals surface area contributed by atoms with Gasteiger partial charge in [-0.25, -0.2) is 12.7 Å². The SMILES string of the molecule is CCN(CC(F)(F)F)c1cc(S(=O)(=O)N(C)C)ccc1N. The van der Waals surface area contributed by atoms with E-state index in [1.54, 1.807) is 0 Å². The molecule has 0 saturated heterocycles. The third-order valence-corrected chi connectivity index (χ3v) is 4.68. The molecule has 0 heterocycles. The summed E-state index contributed by atoms with van der Waals surface area (Å²) >= 11 is 0. The lowest BCUT2D eigenvalue weighted by molar-refractivity contribution is -0.119. The molecule has 0 amide bonds. The number of nitrogens with two attached hydrogens (primary N) is 1. The smallest absolute Gasteiger partial charge is 0.397 e. The molecule has 0 spiro atoms. The normalized spacial score (nSPS) is 12.7. The van der Waals surface area contributed by atoms with Gasteiger partial charge in [-0.2, -0.15) is 13.2 Å². The van der Waals surface area contributed by atoms with Gasteiger partial charge in [-0.05, 0) is 25.1 Å². The minimum Gasteiger partial charge on any atom is -0.397 e. The van der Waals surface area contributed by atoms with E-state index >= 15 is 0 Å². The van der Waals surface area contributed by atoms with E-state index in [1.165, 1.54) is 39.2 Å². The van der Waals surface area contributed by atoms with Crippen LogP contribution >= 0.6 is 0 Å². The molecule has 0 saturated carbocycles. The molecular formula is C12H18F3N3O2S. The lowest BCUT2D eigenvalue weighted by Crippen LogP contribution is -2.34. The highest BCUT2D eigenvalue weighted by atomic mass is 32.2. The zero-order valence-electron chi connectivity index (χ0n) is 12.0. The van der Waals surface area contributed by atoms with Crippen molar-refractivity contribution < 1.29 is 21.6 Å². The first-order valence-corrected chi connectivity index (χ1v) is 7.56. The first-order valence-electron chi connectivity index (χ1n) is 6.12. The number of benzene rings is 1. The predicted octanol–water partition coefficient (Wildman–Crippen LogP) is 1.91. The van der Waals surface area contributed by atoms with Crippen molar-refractivity contribution >= 4 is 21.4 Å². The number of halogens is 3. The average Bonchev–Trinajstić information content (AvgIpc) is 2.35. The largest absolute Gasteiger partial charge is 0.405 e. The third-order valence-electron chi connectivity index (χ3n) is 2.87. The Kier molecular flexibility index (Phi) is 5.11. The Balaban J connectivity index is 3.30. The summed E-state index contributed by atoms with van der Waals surface area (Å²) in [4.78, 5) is 0.890. The summed E-state index contributed by atoms with van der Waals surface area (Å²) in [6.07, 6.45) is -4.40. The van der Waals surface area contributed by atoms with Crippen molar-refractivity contribution in [3.8, 4) is 0 Å². The second kappa shape index (κ2) is 6.10. The Hall–Kier alpha value is -1.48. The fraction of sp³-hybridized carbons (Fsp3) is 0.500. The fourth-order valence-corrected chi connectivity index (χ4v) is 2.67. The molecule has 5 nitrogen and oxygen atoms in total. The molecule has 0 aromatic heterocycles. The molecule has 1 rings (SSSR count). The van der Waals surface area contributed by atoms with Crippen molar-refractivity contribution in [2.24, 2.45) is 0 Å². The standard InChI is InChI=1S/C12H18F3N3O2S/c1-4-18(8-12(13,14)15)11-7-9(5-6-10(11)16)21(19,20)17(2)3/h5-7H,4,8,16H2,1-3H3. The van der Waals surface area contributed by atoms with Gasteiger partial charge >= 0.3 is 6.18 Å². The Morgan fingerprint density at radius 2 is 1.81 bits per heavy atom. The van der Waals surface area contributed by atoms with Gasteiger partial charge < -0.3 is 10.6 Å². The van der Waals surface area contributed by atoms with E-state index in [1.807, 2.05) is 0 Å². The van der Waals surface area contributed by atoms with Crippen molar-refractivity contribution in [1.29, 1.82) is 0 Å². The Morgan fingerprint density at radius 3 is 2.24 bits per heavy atom. The van der Waals surface area contributed by atoms with Gasteiger partial charge in [0.1, 0.15) is 6.54 Å². The third kappa shape index (κ3) is 4.24. The minimum absolute atomic E-state index is 0.0508. The maximum Gasteiger partial charge on any atom is 0.405 e. The molecule has 0 aliphatic rings. The van der Waals surface area contributed by atoms with E-state index in [0.717, 1.165) is 9.21 Å². The summed E-state index contributed by atoms with van der Waals surface area (Å²) in [6, 6.07) is 3.74. The monoisotopic (exact) mass is 325 g/mol. The molecule has 9 heteroatoms. The van der Waals surface area contributed by atoms with Crippen molar-refractivity contribution in [3.05, 3.63) is 18.2 Å². The maximum atomic E-state index is 12.6. The summed E-state index contributed by atoms with van der Waals surface area (Å²) in [7, 11) is -1.04. The van der Waals surface area contributed by atoms with Crippen LogP contribution in [0.1, 0.15) is 6.92 Å². The highest BCUT2D eigenvalue weighted by molar-refractivity contribution is 7.89. The van der Waals surface area contributed by atoms with E-state index in [0.29, 0.717) is 0 Å². The molecule has 0 aliphatic heterocycles. The van der Waals surface area contributed by atoms with Gasteiger partial charge in [0, 0.05) is 20.6 Å². The number of nitrogen functional groups attached to an aromatic ring is 1. The number of rotatable bonds is 5.